The molecule has 0 aromatic heterocycles. The molecule has 1 aromatic carbocycles. The third kappa shape index (κ3) is 2.58. The maximum absolute atomic E-state index is 11.5. The van der Waals surface area contributed by atoms with Gasteiger partial charge in [-0.05, 0) is 18.4 Å². The Morgan fingerprint density at radius 2 is 2.00 bits per heavy atom. The summed E-state index contributed by atoms with van der Waals surface area (Å²) < 4.78 is 10.5. The largest absolute Gasteiger partial charge is 0.445 e. The van der Waals surface area contributed by atoms with Crippen LogP contribution in [0.15, 0.2) is 30.3 Å². The van der Waals surface area contributed by atoms with Gasteiger partial charge in [0.15, 0.2) is 0 Å². The lowest BCUT2D eigenvalue weighted by atomic mass is 10.2. The highest BCUT2D eigenvalue weighted by molar-refractivity contribution is 5.67. The van der Waals surface area contributed by atoms with E-state index in [0.717, 1.165) is 18.4 Å². The van der Waals surface area contributed by atoms with E-state index in [0.29, 0.717) is 18.8 Å². The quantitative estimate of drug-likeness (QED) is 0.810. The van der Waals surface area contributed by atoms with Crippen LogP contribution in [0.3, 0.4) is 0 Å². The van der Waals surface area contributed by atoms with E-state index in [-0.39, 0.29) is 12.1 Å². The minimum absolute atomic E-state index is 0.224. The number of hydrogen-bond acceptors (Lipinski definition) is 3. The summed E-state index contributed by atoms with van der Waals surface area (Å²) in [7, 11) is 0. The van der Waals surface area contributed by atoms with Gasteiger partial charge < -0.3 is 14.8 Å². The Hall–Kier alpha value is -1.55. The predicted molar refractivity (Wildman–Crippen MR) is 61.4 cm³/mol. The smallest absolute Gasteiger partial charge is 0.407 e. The van der Waals surface area contributed by atoms with Crippen molar-refractivity contribution in [2.45, 2.75) is 37.7 Å². The van der Waals surface area contributed by atoms with Crippen LogP contribution in [-0.4, -0.2) is 24.3 Å². The normalized spacial score (nSPS) is 29.5. The molecule has 1 aromatic rings. The van der Waals surface area contributed by atoms with Crippen molar-refractivity contribution in [1.29, 1.82) is 0 Å². The second-order valence-electron chi connectivity index (χ2n) is 4.59. The third-order valence-electron chi connectivity index (χ3n) is 3.26. The fourth-order valence-corrected chi connectivity index (χ4v) is 2.30. The van der Waals surface area contributed by atoms with Gasteiger partial charge in [0.05, 0.1) is 12.2 Å². The lowest BCUT2D eigenvalue weighted by Gasteiger charge is -2.13. The topological polar surface area (TPSA) is 50.9 Å². The summed E-state index contributed by atoms with van der Waals surface area (Å²) in [5, 5.41) is 2.87. The van der Waals surface area contributed by atoms with Crippen LogP contribution in [0.25, 0.3) is 0 Å². The van der Waals surface area contributed by atoms with Crippen LogP contribution in [0.2, 0.25) is 0 Å². The van der Waals surface area contributed by atoms with Crippen molar-refractivity contribution in [3.05, 3.63) is 35.9 Å². The lowest BCUT2D eigenvalue weighted by Crippen LogP contribution is -2.34. The SMILES string of the molecule is O=C(NC1CC2OC2C1)OCc1ccccc1. The zero-order valence-electron chi connectivity index (χ0n) is 9.46. The molecule has 0 spiro atoms. The van der Waals surface area contributed by atoms with Crippen molar-refractivity contribution in [2.75, 3.05) is 0 Å². The fourth-order valence-electron chi connectivity index (χ4n) is 2.30. The molecule has 1 saturated carbocycles. The van der Waals surface area contributed by atoms with Gasteiger partial charge in [-0.3, -0.25) is 0 Å². The molecular weight excluding hydrogens is 218 g/mol. The Bertz CT molecular complexity index is 396. The Kier molecular flexibility index (Phi) is 2.73. The first-order valence-electron chi connectivity index (χ1n) is 5.94. The highest BCUT2D eigenvalue weighted by atomic mass is 16.6. The molecule has 2 unspecified atom stereocenters. The molecule has 0 radical (unpaired) electrons. The number of carbonyl (C=O) groups excluding carboxylic acids is 1. The van der Waals surface area contributed by atoms with Gasteiger partial charge >= 0.3 is 6.09 Å². The summed E-state index contributed by atoms with van der Waals surface area (Å²) in [5.41, 5.74) is 1.00. The zero-order valence-corrected chi connectivity index (χ0v) is 9.46. The minimum atomic E-state index is -0.333. The first-order chi connectivity index (χ1) is 8.31. The molecule has 0 bridgehead atoms. The van der Waals surface area contributed by atoms with Crippen molar-refractivity contribution in [3.8, 4) is 0 Å². The van der Waals surface area contributed by atoms with E-state index in [2.05, 4.69) is 5.32 Å². The summed E-state index contributed by atoms with van der Waals surface area (Å²) in [5.74, 6) is 0. The lowest BCUT2D eigenvalue weighted by molar-refractivity contribution is 0.133. The van der Waals surface area contributed by atoms with Crippen LogP contribution in [0.5, 0.6) is 0 Å². The van der Waals surface area contributed by atoms with Crippen molar-refractivity contribution >= 4 is 6.09 Å². The van der Waals surface area contributed by atoms with Crippen LogP contribution in [0.4, 0.5) is 4.79 Å². The molecule has 1 heterocycles. The van der Waals surface area contributed by atoms with Gasteiger partial charge in [-0.2, -0.15) is 0 Å². The van der Waals surface area contributed by atoms with Crippen molar-refractivity contribution in [3.63, 3.8) is 0 Å². The van der Waals surface area contributed by atoms with Crippen LogP contribution in [0, 0.1) is 0 Å². The van der Waals surface area contributed by atoms with Gasteiger partial charge in [0, 0.05) is 6.04 Å². The van der Waals surface area contributed by atoms with Crippen molar-refractivity contribution in [1.82, 2.24) is 5.32 Å². The van der Waals surface area contributed by atoms with Crippen LogP contribution in [0.1, 0.15) is 18.4 Å². The highest BCUT2D eigenvalue weighted by Gasteiger charge is 2.48. The molecule has 1 saturated heterocycles. The van der Waals surface area contributed by atoms with Crippen LogP contribution in [-0.2, 0) is 16.1 Å². The second-order valence-corrected chi connectivity index (χ2v) is 4.59. The molecular formula is C13H15NO3. The maximum Gasteiger partial charge on any atom is 0.407 e. The summed E-state index contributed by atoms with van der Waals surface area (Å²) in [6.07, 6.45) is 2.28. The number of fused-ring (bicyclic) bond motifs is 1. The van der Waals surface area contributed by atoms with Gasteiger partial charge in [-0.25, -0.2) is 4.79 Å². The van der Waals surface area contributed by atoms with E-state index in [1.807, 2.05) is 30.3 Å². The average molecular weight is 233 g/mol. The third-order valence-corrected chi connectivity index (χ3v) is 3.26. The second kappa shape index (κ2) is 4.37. The summed E-state index contributed by atoms with van der Waals surface area (Å²) in [4.78, 5) is 11.5. The van der Waals surface area contributed by atoms with E-state index in [4.69, 9.17) is 9.47 Å². The summed E-state index contributed by atoms with van der Waals surface area (Å²) in [6.45, 7) is 0.322. The molecule has 1 aliphatic heterocycles. The number of carbonyl (C=O) groups is 1. The Labute approximate surface area is 99.9 Å². The zero-order chi connectivity index (χ0) is 11.7. The minimum Gasteiger partial charge on any atom is -0.445 e. The number of nitrogens with one attached hydrogen (secondary N) is 1. The van der Waals surface area contributed by atoms with E-state index in [1.54, 1.807) is 0 Å². The molecule has 3 rings (SSSR count). The molecule has 4 nitrogen and oxygen atoms in total. The van der Waals surface area contributed by atoms with Gasteiger partial charge in [0.25, 0.3) is 0 Å². The number of amides is 1. The standard InChI is InChI=1S/C13H15NO3/c15-13(14-10-6-11-12(7-10)17-11)16-8-9-4-2-1-3-5-9/h1-5,10-12H,6-8H2,(H,14,15). The van der Waals surface area contributed by atoms with E-state index in [1.165, 1.54) is 0 Å². The Morgan fingerprint density at radius 1 is 1.29 bits per heavy atom. The van der Waals surface area contributed by atoms with E-state index >= 15 is 0 Å². The van der Waals surface area contributed by atoms with Crippen molar-refractivity contribution < 1.29 is 14.3 Å². The van der Waals surface area contributed by atoms with Crippen molar-refractivity contribution in [2.24, 2.45) is 0 Å². The average Bonchev–Trinajstić information content (AvgIpc) is 2.96. The molecule has 90 valence electrons. The number of rotatable bonds is 3. The summed E-state index contributed by atoms with van der Waals surface area (Å²) in [6, 6.07) is 9.89. The summed E-state index contributed by atoms with van der Waals surface area (Å²) >= 11 is 0. The fraction of sp³-hybridized carbons (Fsp3) is 0.462. The van der Waals surface area contributed by atoms with Gasteiger partial charge in [0.1, 0.15) is 6.61 Å². The molecule has 1 amide bonds. The van der Waals surface area contributed by atoms with E-state index < -0.39 is 0 Å². The highest BCUT2D eigenvalue weighted by Crippen LogP contribution is 2.38. The number of hydrogen-bond donors (Lipinski definition) is 1. The molecule has 1 N–H and O–H groups in total. The van der Waals surface area contributed by atoms with Gasteiger partial charge in [0.2, 0.25) is 0 Å². The predicted octanol–water partition coefficient (Wildman–Crippen LogP) is 1.84. The molecule has 2 aliphatic rings. The first kappa shape index (κ1) is 10.6. The van der Waals surface area contributed by atoms with E-state index in [9.17, 15) is 4.79 Å². The molecule has 2 fully saturated rings. The Balaban J connectivity index is 1.41. The molecule has 1 aliphatic carbocycles. The van der Waals surface area contributed by atoms with Crippen LogP contribution >= 0.6 is 0 Å². The number of benzene rings is 1. The number of ether oxygens (including phenoxy) is 2. The van der Waals surface area contributed by atoms with Crippen LogP contribution < -0.4 is 5.32 Å². The first-order valence-corrected chi connectivity index (χ1v) is 5.94. The monoisotopic (exact) mass is 233 g/mol. The number of alkyl carbamates (subject to hydrolysis) is 1. The molecule has 17 heavy (non-hydrogen) atoms. The Morgan fingerprint density at radius 3 is 2.71 bits per heavy atom. The van der Waals surface area contributed by atoms with Gasteiger partial charge in [-0.15, -0.1) is 0 Å². The maximum atomic E-state index is 11.5. The number of epoxide rings is 1. The molecule has 4 heteroatoms. The molecule has 2 atom stereocenters. The van der Waals surface area contributed by atoms with Gasteiger partial charge in [-0.1, -0.05) is 30.3 Å².